The van der Waals surface area contributed by atoms with Gasteiger partial charge in [0, 0.05) is 25.6 Å². The molecule has 2 fully saturated rings. The van der Waals surface area contributed by atoms with Gasteiger partial charge in [0.1, 0.15) is 0 Å². The summed E-state index contributed by atoms with van der Waals surface area (Å²) in [4.78, 5) is 18.8. The average molecular weight is 306 g/mol. The van der Waals surface area contributed by atoms with Crippen LogP contribution in [0.3, 0.4) is 0 Å². The summed E-state index contributed by atoms with van der Waals surface area (Å²) in [6, 6.07) is 0.434. The SMILES string of the molecule is CCc1noc([C@@H]2CCCN(C(=O)NC3CCCCC3)C2)n1. The zero-order valence-electron chi connectivity index (χ0n) is 13.4. The van der Waals surface area contributed by atoms with Crippen molar-refractivity contribution in [3.63, 3.8) is 0 Å². The number of urea groups is 1. The Morgan fingerprint density at radius 2 is 2.09 bits per heavy atom. The number of hydrogen-bond acceptors (Lipinski definition) is 4. The topological polar surface area (TPSA) is 71.3 Å². The van der Waals surface area contributed by atoms with Gasteiger partial charge in [0.25, 0.3) is 0 Å². The van der Waals surface area contributed by atoms with Gasteiger partial charge in [-0.25, -0.2) is 4.79 Å². The van der Waals surface area contributed by atoms with Crippen LogP contribution in [0.15, 0.2) is 4.52 Å². The summed E-state index contributed by atoms with van der Waals surface area (Å²) in [5, 5.41) is 7.17. The van der Waals surface area contributed by atoms with Crippen molar-refractivity contribution in [3.05, 3.63) is 11.7 Å². The van der Waals surface area contributed by atoms with Gasteiger partial charge in [-0.15, -0.1) is 0 Å². The van der Waals surface area contributed by atoms with Gasteiger partial charge >= 0.3 is 6.03 Å². The third-order valence-electron chi connectivity index (χ3n) is 4.79. The van der Waals surface area contributed by atoms with E-state index in [-0.39, 0.29) is 11.9 Å². The molecule has 2 amide bonds. The minimum atomic E-state index is 0.0758. The Bertz CT molecular complexity index is 496. The number of piperidine rings is 1. The lowest BCUT2D eigenvalue weighted by Crippen LogP contribution is -2.48. The van der Waals surface area contributed by atoms with Gasteiger partial charge < -0.3 is 14.7 Å². The zero-order chi connectivity index (χ0) is 15.4. The first-order valence-corrected chi connectivity index (χ1v) is 8.64. The Labute approximate surface area is 131 Å². The largest absolute Gasteiger partial charge is 0.339 e. The molecule has 0 unspecified atom stereocenters. The Morgan fingerprint density at radius 3 is 2.82 bits per heavy atom. The summed E-state index contributed by atoms with van der Waals surface area (Å²) in [5.74, 6) is 1.62. The summed E-state index contributed by atoms with van der Waals surface area (Å²) >= 11 is 0. The molecule has 3 rings (SSSR count). The molecule has 1 saturated heterocycles. The van der Waals surface area contributed by atoms with Crippen molar-refractivity contribution in [1.82, 2.24) is 20.4 Å². The zero-order valence-corrected chi connectivity index (χ0v) is 13.4. The van der Waals surface area contributed by atoms with E-state index >= 15 is 0 Å². The highest BCUT2D eigenvalue weighted by Crippen LogP contribution is 2.26. The van der Waals surface area contributed by atoms with Crippen LogP contribution < -0.4 is 5.32 Å². The van der Waals surface area contributed by atoms with Gasteiger partial charge in [-0.05, 0) is 25.7 Å². The van der Waals surface area contributed by atoms with Crippen LogP contribution in [0.1, 0.15) is 69.5 Å². The molecule has 1 saturated carbocycles. The monoisotopic (exact) mass is 306 g/mol. The first-order valence-electron chi connectivity index (χ1n) is 8.64. The number of nitrogens with one attached hydrogen (secondary N) is 1. The summed E-state index contributed by atoms with van der Waals surface area (Å²) in [6.07, 6.45) is 8.78. The molecule has 6 heteroatoms. The van der Waals surface area contributed by atoms with E-state index < -0.39 is 0 Å². The Kier molecular flexibility index (Phi) is 4.95. The van der Waals surface area contributed by atoms with Crippen LogP contribution in [0.2, 0.25) is 0 Å². The van der Waals surface area contributed by atoms with Crippen molar-refractivity contribution < 1.29 is 9.32 Å². The fourth-order valence-electron chi connectivity index (χ4n) is 3.45. The van der Waals surface area contributed by atoms with Gasteiger partial charge in [0.15, 0.2) is 5.82 Å². The first-order chi connectivity index (χ1) is 10.8. The van der Waals surface area contributed by atoms with Crippen molar-refractivity contribution in [2.45, 2.75) is 70.3 Å². The second-order valence-corrected chi connectivity index (χ2v) is 6.47. The summed E-state index contributed by atoms with van der Waals surface area (Å²) < 4.78 is 5.35. The third-order valence-corrected chi connectivity index (χ3v) is 4.79. The highest BCUT2D eigenvalue weighted by Gasteiger charge is 2.29. The minimum absolute atomic E-state index is 0.0758. The molecule has 1 atom stereocenters. The van der Waals surface area contributed by atoms with Crippen molar-refractivity contribution in [1.29, 1.82) is 0 Å². The Balaban J connectivity index is 1.56. The fraction of sp³-hybridized carbons (Fsp3) is 0.812. The van der Waals surface area contributed by atoms with Crippen LogP contribution >= 0.6 is 0 Å². The van der Waals surface area contributed by atoms with E-state index in [1.165, 1.54) is 19.3 Å². The number of likely N-dealkylation sites (tertiary alicyclic amines) is 1. The molecule has 0 aromatic carbocycles. The van der Waals surface area contributed by atoms with E-state index in [1.54, 1.807) is 0 Å². The molecule has 2 heterocycles. The molecule has 22 heavy (non-hydrogen) atoms. The second-order valence-electron chi connectivity index (χ2n) is 6.47. The molecular weight excluding hydrogens is 280 g/mol. The van der Waals surface area contributed by atoms with Crippen molar-refractivity contribution >= 4 is 6.03 Å². The highest BCUT2D eigenvalue weighted by molar-refractivity contribution is 5.74. The summed E-state index contributed by atoms with van der Waals surface area (Å²) in [5.41, 5.74) is 0. The van der Waals surface area contributed by atoms with Crippen molar-refractivity contribution in [2.24, 2.45) is 0 Å². The molecule has 1 aliphatic heterocycles. The van der Waals surface area contributed by atoms with Gasteiger partial charge in [-0.3, -0.25) is 0 Å². The number of aryl methyl sites for hydroxylation is 1. The smallest absolute Gasteiger partial charge is 0.317 e. The number of nitrogens with zero attached hydrogens (tertiary/aromatic N) is 3. The molecule has 122 valence electrons. The number of rotatable bonds is 3. The summed E-state index contributed by atoms with van der Waals surface area (Å²) in [6.45, 7) is 3.52. The van der Waals surface area contributed by atoms with Crippen LogP contribution in [-0.2, 0) is 6.42 Å². The molecule has 2 aliphatic rings. The number of aromatic nitrogens is 2. The van der Waals surface area contributed by atoms with E-state index in [0.717, 1.165) is 44.5 Å². The molecule has 1 N–H and O–H groups in total. The third kappa shape index (κ3) is 3.59. The van der Waals surface area contributed by atoms with Gasteiger partial charge in [-0.1, -0.05) is 31.3 Å². The van der Waals surface area contributed by atoms with Gasteiger partial charge in [0.05, 0.1) is 5.92 Å². The predicted octanol–water partition coefficient (Wildman–Crippen LogP) is 2.85. The molecule has 1 aliphatic carbocycles. The van der Waals surface area contributed by atoms with Gasteiger partial charge in [-0.2, -0.15) is 4.98 Å². The summed E-state index contributed by atoms with van der Waals surface area (Å²) in [7, 11) is 0. The lowest BCUT2D eigenvalue weighted by molar-refractivity contribution is 0.166. The molecular formula is C16H26N4O2. The van der Waals surface area contributed by atoms with Gasteiger partial charge in [0.2, 0.25) is 5.89 Å². The number of carbonyl (C=O) groups excluding carboxylic acids is 1. The second kappa shape index (κ2) is 7.11. The van der Waals surface area contributed by atoms with Crippen LogP contribution in [0.5, 0.6) is 0 Å². The molecule has 1 aromatic heterocycles. The van der Waals surface area contributed by atoms with E-state index in [9.17, 15) is 4.79 Å². The van der Waals surface area contributed by atoms with E-state index in [2.05, 4.69) is 15.5 Å². The first kappa shape index (κ1) is 15.3. The Morgan fingerprint density at radius 1 is 1.27 bits per heavy atom. The highest BCUT2D eigenvalue weighted by atomic mass is 16.5. The van der Waals surface area contributed by atoms with Crippen molar-refractivity contribution in [3.8, 4) is 0 Å². The van der Waals surface area contributed by atoms with E-state index in [1.807, 2.05) is 11.8 Å². The molecule has 1 aromatic rings. The number of carbonyl (C=O) groups is 1. The predicted molar refractivity (Wildman–Crippen MR) is 82.6 cm³/mol. The fourth-order valence-corrected chi connectivity index (χ4v) is 3.45. The average Bonchev–Trinajstić information content (AvgIpc) is 3.05. The van der Waals surface area contributed by atoms with Crippen molar-refractivity contribution in [2.75, 3.05) is 13.1 Å². The minimum Gasteiger partial charge on any atom is -0.339 e. The maximum absolute atomic E-state index is 12.5. The lowest BCUT2D eigenvalue weighted by atomic mass is 9.95. The maximum atomic E-state index is 12.5. The van der Waals surface area contributed by atoms with Crippen LogP contribution in [0, 0.1) is 0 Å². The van der Waals surface area contributed by atoms with Crippen LogP contribution in [0.4, 0.5) is 4.79 Å². The number of hydrogen-bond donors (Lipinski definition) is 1. The molecule has 0 radical (unpaired) electrons. The molecule has 0 bridgehead atoms. The normalized spacial score (nSPS) is 23.5. The lowest BCUT2D eigenvalue weighted by Gasteiger charge is -2.33. The number of amides is 2. The quantitative estimate of drug-likeness (QED) is 0.932. The van der Waals surface area contributed by atoms with Crippen LogP contribution in [0.25, 0.3) is 0 Å². The molecule has 6 nitrogen and oxygen atoms in total. The van der Waals surface area contributed by atoms with E-state index in [0.29, 0.717) is 18.5 Å². The standard InChI is InChI=1S/C16H26N4O2/c1-2-14-18-15(22-19-14)12-7-6-10-20(11-12)16(21)17-13-8-4-3-5-9-13/h12-13H,2-11H2,1H3,(H,17,21)/t12-/m1/s1. The van der Waals surface area contributed by atoms with E-state index in [4.69, 9.17) is 4.52 Å². The maximum Gasteiger partial charge on any atom is 0.317 e. The molecule has 0 spiro atoms. The Hall–Kier alpha value is -1.59. The van der Waals surface area contributed by atoms with Crippen LogP contribution in [-0.4, -0.2) is 40.2 Å².